The lowest BCUT2D eigenvalue weighted by molar-refractivity contribution is -0.118. The number of amides is 1. The van der Waals surface area contributed by atoms with Crippen molar-refractivity contribution in [3.8, 4) is 0 Å². The molecule has 138 valence electrons. The number of aliphatic hydroxyl groups is 1. The van der Waals surface area contributed by atoms with Crippen LogP contribution >= 0.6 is 0 Å². The molecule has 0 aliphatic rings. The van der Waals surface area contributed by atoms with Crippen LogP contribution in [0.15, 0.2) is 0 Å². The lowest BCUT2D eigenvalue weighted by atomic mass is 10.0. The number of rotatable bonds is 18. The number of nitrogens with two attached hydrogens (primary N) is 1. The van der Waals surface area contributed by atoms with Gasteiger partial charge >= 0.3 is 0 Å². The molecule has 0 heterocycles. The highest BCUT2D eigenvalue weighted by Gasteiger charge is 2.03. The fourth-order valence-corrected chi connectivity index (χ4v) is 3.04. The summed E-state index contributed by atoms with van der Waals surface area (Å²) in [5, 5.41) is 9.90. The molecule has 1 unspecified atom stereocenters. The van der Waals surface area contributed by atoms with E-state index >= 15 is 0 Å². The van der Waals surface area contributed by atoms with E-state index in [9.17, 15) is 9.90 Å². The van der Waals surface area contributed by atoms with E-state index in [0.717, 1.165) is 25.7 Å². The Morgan fingerprint density at radius 2 is 1.13 bits per heavy atom. The Balaban J connectivity index is 3.11. The summed E-state index contributed by atoms with van der Waals surface area (Å²) < 4.78 is 0. The van der Waals surface area contributed by atoms with E-state index in [1.165, 1.54) is 77.0 Å². The SMILES string of the molecule is CCCCCCC(O)CCCCCCCCCCCCC(N)=O. The third kappa shape index (κ3) is 19.4. The van der Waals surface area contributed by atoms with E-state index in [1.807, 2.05) is 0 Å². The Morgan fingerprint density at radius 1 is 0.739 bits per heavy atom. The number of aliphatic hydroxyl groups excluding tert-OH is 1. The molecule has 0 fully saturated rings. The zero-order chi connectivity index (χ0) is 17.2. The lowest BCUT2D eigenvalue weighted by Gasteiger charge is -2.10. The maximum atomic E-state index is 10.6. The van der Waals surface area contributed by atoms with Gasteiger partial charge in [-0.1, -0.05) is 90.4 Å². The van der Waals surface area contributed by atoms with Gasteiger partial charge in [-0.15, -0.1) is 0 Å². The fourth-order valence-electron chi connectivity index (χ4n) is 3.04. The molecule has 0 spiro atoms. The van der Waals surface area contributed by atoms with Crippen molar-refractivity contribution in [2.45, 2.75) is 122 Å². The molecule has 0 aromatic heterocycles. The Labute approximate surface area is 144 Å². The maximum Gasteiger partial charge on any atom is 0.217 e. The van der Waals surface area contributed by atoms with Gasteiger partial charge in [0.1, 0.15) is 0 Å². The van der Waals surface area contributed by atoms with Crippen molar-refractivity contribution in [3.05, 3.63) is 0 Å². The van der Waals surface area contributed by atoms with E-state index in [2.05, 4.69) is 6.92 Å². The second kappa shape index (κ2) is 17.8. The molecule has 0 saturated heterocycles. The van der Waals surface area contributed by atoms with Crippen molar-refractivity contribution in [1.82, 2.24) is 0 Å². The molecule has 0 aliphatic heterocycles. The van der Waals surface area contributed by atoms with E-state index in [0.29, 0.717) is 6.42 Å². The summed E-state index contributed by atoms with van der Waals surface area (Å²) in [6.45, 7) is 2.22. The van der Waals surface area contributed by atoms with Gasteiger partial charge in [0.2, 0.25) is 5.91 Å². The van der Waals surface area contributed by atoms with Gasteiger partial charge in [0.05, 0.1) is 6.10 Å². The summed E-state index contributed by atoms with van der Waals surface area (Å²) in [6, 6.07) is 0. The molecule has 1 atom stereocenters. The summed E-state index contributed by atoms with van der Waals surface area (Å²) in [6.07, 6.45) is 19.9. The number of unbranched alkanes of at least 4 members (excludes halogenated alkanes) is 12. The van der Waals surface area contributed by atoms with Crippen LogP contribution in [-0.2, 0) is 4.79 Å². The average Bonchev–Trinajstić information content (AvgIpc) is 2.52. The molecular weight excluding hydrogens is 286 g/mol. The Kier molecular flexibility index (Phi) is 17.3. The molecule has 0 aromatic rings. The summed E-state index contributed by atoms with van der Waals surface area (Å²) >= 11 is 0. The predicted molar refractivity (Wildman–Crippen MR) is 99.4 cm³/mol. The number of primary amides is 1. The topological polar surface area (TPSA) is 63.3 Å². The van der Waals surface area contributed by atoms with Crippen LogP contribution in [0.4, 0.5) is 0 Å². The molecule has 3 N–H and O–H groups in total. The molecule has 0 aromatic carbocycles. The van der Waals surface area contributed by atoms with E-state index in [1.54, 1.807) is 0 Å². The van der Waals surface area contributed by atoms with Crippen LogP contribution in [0.25, 0.3) is 0 Å². The van der Waals surface area contributed by atoms with Crippen molar-refractivity contribution in [2.24, 2.45) is 5.73 Å². The average molecular weight is 328 g/mol. The number of hydrogen-bond donors (Lipinski definition) is 2. The van der Waals surface area contributed by atoms with Crippen molar-refractivity contribution in [1.29, 1.82) is 0 Å². The van der Waals surface area contributed by atoms with Crippen molar-refractivity contribution in [3.63, 3.8) is 0 Å². The van der Waals surface area contributed by atoms with Crippen molar-refractivity contribution >= 4 is 5.91 Å². The normalized spacial score (nSPS) is 12.4. The standard InChI is InChI=1S/C20H41NO2/c1-2-3-4-13-16-19(22)17-14-11-9-7-5-6-8-10-12-15-18-20(21)23/h19,22H,2-18H2,1H3,(H2,21,23). The highest BCUT2D eigenvalue weighted by molar-refractivity contribution is 5.73. The zero-order valence-electron chi connectivity index (χ0n) is 15.5. The second-order valence-corrected chi connectivity index (χ2v) is 7.04. The Morgan fingerprint density at radius 3 is 1.57 bits per heavy atom. The highest BCUT2D eigenvalue weighted by atomic mass is 16.3. The van der Waals surface area contributed by atoms with Crippen LogP contribution in [0.5, 0.6) is 0 Å². The minimum absolute atomic E-state index is 0.0627. The van der Waals surface area contributed by atoms with Gasteiger partial charge in [-0.3, -0.25) is 4.79 Å². The van der Waals surface area contributed by atoms with Crippen LogP contribution in [0.3, 0.4) is 0 Å². The minimum atomic E-state index is -0.170. The molecule has 3 heteroatoms. The van der Waals surface area contributed by atoms with Gasteiger partial charge in [-0.05, 0) is 19.3 Å². The molecule has 1 amide bonds. The van der Waals surface area contributed by atoms with Crippen LogP contribution < -0.4 is 5.73 Å². The van der Waals surface area contributed by atoms with Crippen LogP contribution in [-0.4, -0.2) is 17.1 Å². The third-order valence-corrected chi connectivity index (χ3v) is 4.60. The maximum absolute atomic E-state index is 10.6. The Hall–Kier alpha value is -0.570. The number of carbonyl (C=O) groups is 1. The minimum Gasteiger partial charge on any atom is -0.393 e. The predicted octanol–water partition coefficient (Wildman–Crippen LogP) is 5.48. The summed E-state index contributed by atoms with van der Waals surface area (Å²) in [5.41, 5.74) is 5.11. The van der Waals surface area contributed by atoms with Gasteiger partial charge in [-0.2, -0.15) is 0 Å². The van der Waals surface area contributed by atoms with Gasteiger partial charge in [0, 0.05) is 6.42 Å². The largest absolute Gasteiger partial charge is 0.393 e. The first kappa shape index (κ1) is 22.4. The first-order chi connectivity index (χ1) is 11.2. The molecule has 0 aliphatic carbocycles. The fraction of sp³-hybridized carbons (Fsp3) is 0.950. The quantitative estimate of drug-likeness (QED) is 0.327. The molecule has 0 saturated carbocycles. The van der Waals surface area contributed by atoms with Crippen molar-refractivity contribution < 1.29 is 9.90 Å². The first-order valence-corrected chi connectivity index (χ1v) is 10.1. The summed E-state index contributed by atoms with van der Waals surface area (Å²) in [4.78, 5) is 10.6. The van der Waals surface area contributed by atoms with Crippen molar-refractivity contribution in [2.75, 3.05) is 0 Å². The number of carbonyl (C=O) groups excluding carboxylic acids is 1. The van der Waals surface area contributed by atoms with Gasteiger partial charge in [-0.25, -0.2) is 0 Å². The first-order valence-electron chi connectivity index (χ1n) is 10.1. The van der Waals surface area contributed by atoms with Gasteiger partial charge in [0.15, 0.2) is 0 Å². The molecule has 3 nitrogen and oxygen atoms in total. The molecule has 0 radical (unpaired) electrons. The van der Waals surface area contributed by atoms with Crippen LogP contribution in [0.1, 0.15) is 116 Å². The van der Waals surface area contributed by atoms with Crippen LogP contribution in [0.2, 0.25) is 0 Å². The Bertz CT molecular complexity index is 256. The van der Waals surface area contributed by atoms with Gasteiger partial charge < -0.3 is 10.8 Å². The number of hydrogen-bond acceptors (Lipinski definition) is 2. The third-order valence-electron chi connectivity index (χ3n) is 4.60. The van der Waals surface area contributed by atoms with Gasteiger partial charge in [0.25, 0.3) is 0 Å². The second-order valence-electron chi connectivity index (χ2n) is 7.04. The molecule has 0 bridgehead atoms. The highest BCUT2D eigenvalue weighted by Crippen LogP contribution is 2.14. The van der Waals surface area contributed by atoms with E-state index in [4.69, 9.17) is 5.73 Å². The van der Waals surface area contributed by atoms with E-state index < -0.39 is 0 Å². The summed E-state index contributed by atoms with van der Waals surface area (Å²) in [5.74, 6) is -0.170. The molecule has 0 rings (SSSR count). The summed E-state index contributed by atoms with van der Waals surface area (Å²) in [7, 11) is 0. The smallest absolute Gasteiger partial charge is 0.217 e. The molecule has 23 heavy (non-hydrogen) atoms. The lowest BCUT2D eigenvalue weighted by Crippen LogP contribution is -2.09. The van der Waals surface area contributed by atoms with E-state index in [-0.39, 0.29) is 12.0 Å². The van der Waals surface area contributed by atoms with Crippen LogP contribution in [0, 0.1) is 0 Å². The zero-order valence-corrected chi connectivity index (χ0v) is 15.5. The molecular formula is C20H41NO2. The monoisotopic (exact) mass is 327 g/mol.